The summed E-state index contributed by atoms with van der Waals surface area (Å²) in [7, 11) is 0. The van der Waals surface area contributed by atoms with Crippen LogP contribution in [0.1, 0.15) is 28.9 Å². The summed E-state index contributed by atoms with van der Waals surface area (Å²) in [5, 5.41) is 3.64. The SMILES string of the molecule is c1ccc(CN2CCCNCCN(Cc3ccccc3)Cc3cccc(n3)C2)cc1. The van der Waals surface area contributed by atoms with E-state index < -0.39 is 0 Å². The van der Waals surface area contributed by atoms with Crippen LogP contribution in [0.15, 0.2) is 78.9 Å². The first-order valence-electron chi connectivity index (χ1n) is 11.0. The monoisotopic (exact) mass is 400 g/mol. The van der Waals surface area contributed by atoms with Gasteiger partial charge in [-0.1, -0.05) is 66.7 Å². The van der Waals surface area contributed by atoms with E-state index in [1.54, 1.807) is 0 Å². The molecular formula is C26H32N4. The number of nitrogens with one attached hydrogen (secondary N) is 1. The number of nitrogens with zero attached hydrogens (tertiary/aromatic N) is 3. The molecule has 0 atom stereocenters. The van der Waals surface area contributed by atoms with Gasteiger partial charge in [-0.3, -0.25) is 14.8 Å². The van der Waals surface area contributed by atoms with Crippen LogP contribution in [-0.2, 0) is 26.2 Å². The average molecular weight is 401 g/mol. The van der Waals surface area contributed by atoms with E-state index in [9.17, 15) is 0 Å². The maximum atomic E-state index is 5.02. The Morgan fingerprint density at radius 2 is 1.20 bits per heavy atom. The van der Waals surface area contributed by atoms with Crippen LogP contribution in [0.4, 0.5) is 0 Å². The van der Waals surface area contributed by atoms with Crippen LogP contribution in [0, 0.1) is 0 Å². The fraction of sp³-hybridized carbons (Fsp3) is 0.346. The minimum atomic E-state index is 0.878. The van der Waals surface area contributed by atoms with Crippen molar-refractivity contribution in [3.8, 4) is 0 Å². The van der Waals surface area contributed by atoms with Gasteiger partial charge in [0.1, 0.15) is 0 Å². The lowest BCUT2D eigenvalue weighted by Crippen LogP contribution is -2.32. The Balaban J connectivity index is 1.48. The third-order valence-electron chi connectivity index (χ3n) is 5.57. The van der Waals surface area contributed by atoms with Gasteiger partial charge in [-0.15, -0.1) is 0 Å². The molecule has 1 aromatic heterocycles. The summed E-state index contributed by atoms with van der Waals surface area (Å²) in [5.41, 5.74) is 5.03. The highest BCUT2D eigenvalue weighted by Crippen LogP contribution is 2.13. The number of aromatic nitrogens is 1. The molecule has 156 valence electrons. The standard InChI is InChI=1S/C26H32N4/c1-3-9-23(10-4-1)19-29-17-8-15-27-16-18-30(20-24-11-5-2-6-12-24)22-26-14-7-13-25(21-29)28-26/h1-7,9-14,27H,8,15-22H2. The molecule has 2 aromatic carbocycles. The predicted molar refractivity (Wildman–Crippen MR) is 123 cm³/mol. The first kappa shape index (κ1) is 20.7. The van der Waals surface area contributed by atoms with Crippen LogP contribution in [-0.4, -0.2) is 41.0 Å². The van der Waals surface area contributed by atoms with E-state index in [2.05, 4.69) is 94.0 Å². The normalized spacial score (nSPS) is 16.9. The summed E-state index contributed by atoms with van der Waals surface area (Å²) >= 11 is 0. The molecule has 4 rings (SSSR count). The summed E-state index contributed by atoms with van der Waals surface area (Å²) in [5.74, 6) is 0. The molecule has 30 heavy (non-hydrogen) atoms. The summed E-state index contributed by atoms with van der Waals surface area (Å²) in [6.45, 7) is 7.84. The van der Waals surface area contributed by atoms with Crippen LogP contribution in [0.25, 0.3) is 0 Å². The van der Waals surface area contributed by atoms with Crippen molar-refractivity contribution < 1.29 is 0 Å². The average Bonchev–Trinajstić information content (AvgIpc) is 2.78. The summed E-state index contributed by atoms with van der Waals surface area (Å²) < 4.78 is 0. The fourth-order valence-electron chi connectivity index (χ4n) is 4.06. The second-order valence-corrected chi connectivity index (χ2v) is 8.12. The van der Waals surface area contributed by atoms with Gasteiger partial charge in [0.05, 0.1) is 11.4 Å². The van der Waals surface area contributed by atoms with Crippen LogP contribution >= 0.6 is 0 Å². The second kappa shape index (κ2) is 11.0. The number of hydrogen-bond donors (Lipinski definition) is 1. The lowest BCUT2D eigenvalue weighted by atomic mass is 10.2. The summed E-state index contributed by atoms with van der Waals surface area (Å²) in [4.78, 5) is 10.0. The molecule has 0 saturated carbocycles. The van der Waals surface area contributed by atoms with E-state index in [1.807, 2.05) is 0 Å². The molecular weight excluding hydrogens is 368 g/mol. The Morgan fingerprint density at radius 1 is 0.633 bits per heavy atom. The van der Waals surface area contributed by atoms with Crippen LogP contribution in [0.2, 0.25) is 0 Å². The van der Waals surface area contributed by atoms with Crippen molar-refractivity contribution >= 4 is 0 Å². The number of hydrogen-bond acceptors (Lipinski definition) is 4. The molecule has 4 nitrogen and oxygen atoms in total. The van der Waals surface area contributed by atoms with Gasteiger partial charge in [-0.25, -0.2) is 0 Å². The van der Waals surface area contributed by atoms with E-state index in [0.717, 1.165) is 70.2 Å². The largest absolute Gasteiger partial charge is 0.315 e. The van der Waals surface area contributed by atoms with Crippen molar-refractivity contribution in [1.82, 2.24) is 20.1 Å². The minimum absolute atomic E-state index is 0.878. The molecule has 2 bridgehead atoms. The molecule has 0 fully saturated rings. The molecule has 3 aromatic rings. The molecule has 1 aliphatic heterocycles. The van der Waals surface area contributed by atoms with Crippen molar-refractivity contribution in [2.75, 3.05) is 26.2 Å². The van der Waals surface area contributed by atoms with Gasteiger partial charge in [0, 0.05) is 45.8 Å². The molecule has 0 unspecified atom stereocenters. The van der Waals surface area contributed by atoms with Gasteiger partial charge in [-0.2, -0.15) is 0 Å². The Morgan fingerprint density at radius 3 is 1.80 bits per heavy atom. The summed E-state index contributed by atoms with van der Waals surface area (Å²) in [6, 6.07) is 28.0. The Bertz CT molecular complexity index is 811. The molecule has 0 radical (unpaired) electrons. The fourth-order valence-corrected chi connectivity index (χ4v) is 4.06. The molecule has 2 heterocycles. The predicted octanol–water partition coefficient (Wildman–Crippen LogP) is 4.08. The van der Waals surface area contributed by atoms with Gasteiger partial charge in [-0.05, 0) is 36.2 Å². The lowest BCUT2D eigenvalue weighted by molar-refractivity contribution is 0.247. The molecule has 0 spiro atoms. The molecule has 1 aliphatic rings. The molecule has 0 aliphatic carbocycles. The van der Waals surface area contributed by atoms with E-state index in [0.29, 0.717) is 0 Å². The van der Waals surface area contributed by atoms with E-state index in [1.165, 1.54) is 11.1 Å². The summed E-state index contributed by atoms with van der Waals surface area (Å²) in [6.07, 6.45) is 1.14. The first-order valence-corrected chi connectivity index (χ1v) is 11.0. The van der Waals surface area contributed by atoms with Crippen molar-refractivity contribution in [2.24, 2.45) is 0 Å². The lowest BCUT2D eigenvalue weighted by Gasteiger charge is -2.23. The smallest absolute Gasteiger partial charge is 0.0548 e. The molecule has 0 saturated heterocycles. The van der Waals surface area contributed by atoms with Gasteiger partial charge in [0.15, 0.2) is 0 Å². The van der Waals surface area contributed by atoms with E-state index in [4.69, 9.17) is 4.98 Å². The van der Waals surface area contributed by atoms with E-state index in [-0.39, 0.29) is 0 Å². The van der Waals surface area contributed by atoms with E-state index >= 15 is 0 Å². The third kappa shape index (κ3) is 6.49. The van der Waals surface area contributed by atoms with Crippen molar-refractivity contribution in [3.05, 3.63) is 101 Å². The zero-order valence-electron chi connectivity index (χ0n) is 17.7. The van der Waals surface area contributed by atoms with Crippen LogP contribution in [0.5, 0.6) is 0 Å². The Labute approximate surface area is 180 Å². The number of pyridine rings is 1. The minimum Gasteiger partial charge on any atom is -0.315 e. The maximum Gasteiger partial charge on any atom is 0.0548 e. The topological polar surface area (TPSA) is 31.4 Å². The van der Waals surface area contributed by atoms with Crippen LogP contribution < -0.4 is 5.32 Å². The second-order valence-electron chi connectivity index (χ2n) is 8.12. The van der Waals surface area contributed by atoms with Gasteiger partial charge < -0.3 is 5.32 Å². The van der Waals surface area contributed by atoms with Crippen molar-refractivity contribution in [1.29, 1.82) is 0 Å². The highest BCUT2D eigenvalue weighted by atomic mass is 15.2. The number of fused-ring (bicyclic) bond motifs is 2. The number of rotatable bonds is 4. The number of benzene rings is 2. The quantitative estimate of drug-likeness (QED) is 0.715. The highest BCUT2D eigenvalue weighted by Gasteiger charge is 2.12. The zero-order chi connectivity index (χ0) is 20.4. The molecule has 4 heteroatoms. The Hall–Kier alpha value is -2.53. The zero-order valence-corrected chi connectivity index (χ0v) is 17.7. The van der Waals surface area contributed by atoms with Gasteiger partial charge in [0.25, 0.3) is 0 Å². The van der Waals surface area contributed by atoms with Crippen molar-refractivity contribution in [2.45, 2.75) is 32.6 Å². The first-order chi connectivity index (χ1) is 14.8. The van der Waals surface area contributed by atoms with Gasteiger partial charge in [0.2, 0.25) is 0 Å². The molecule has 1 N–H and O–H groups in total. The molecule has 0 amide bonds. The highest BCUT2D eigenvalue weighted by molar-refractivity contribution is 5.17. The van der Waals surface area contributed by atoms with Crippen molar-refractivity contribution in [3.63, 3.8) is 0 Å². The van der Waals surface area contributed by atoms with Crippen LogP contribution in [0.3, 0.4) is 0 Å². The van der Waals surface area contributed by atoms with Gasteiger partial charge >= 0.3 is 0 Å². The third-order valence-corrected chi connectivity index (χ3v) is 5.57. The maximum absolute atomic E-state index is 5.02. The Kier molecular flexibility index (Phi) is 7.62.